The maximum absolute atomic E-state index is 13.7. The van der Waals surface area contributed by atoms with Crippen LogP contribution in [0.25, 0.3) is 11.1 Å². The summed E-state index contributed by atoms with van der Waals surface area (Å²) in [5.74, 6) is 0.272. The molecule has 0 bridgehead atoms. The summed E-state index contributed by atoms with van der Waals surface area (Å²) in [6, 6.07) is 21.1. The minimum Gasteiger partial charge on any atom is -0.497 e. The first-order chi connectivity index (χ1) is 19.2. The number of sulfonamides is 1. The molecular formula is C30H31N3O5S2. The third-order valence-electron chi connectivity index (χ3n) is 6.49. The monoisotopic (exact) mass is 577 g/mol. The van der Waals surface area contributed by atoms with Gasteiger partial charge in [-0.1, -0.05) is 42.5 Å². The van der Waals surface area contributed by atoms with Crippen LogP contribution >= 0.6 is 11.3 Å². The zero-order valence-corrected chi connectivity index (χ0v) is 24.1. The van der Waals surface area contributed by atoms with E-state index in [0.29, 0.717) is 23.5 Å². The topological polar surface area (TPSA) is 105 Å². The lowest BCUT2D eigenvalue weighted by molar-refractivity contribution is -0.120. The van der Waals surface area contributed by atoms with E-state index in [1.54, 1.807) is 44.4 Å². The number of thiophene rings is 1. The van der Waals surface area contributed by atoms with E-state index in [9.17, 15) is 18.0 Å². The Hall–Kier alpha value is -4.15. The van der Waals surface area contributed by atoms with Gasteiger partial charge in [0.05, 0.1) is 12.0 Å². The number of hydrogen-bond donors (Lipinski definition) is 2. The van der Waals surface area contributed by atoms with Gasteiger partial charge in [-0.15, -0.1) is 0 Å². The van der Waals surface area contributed by atoms with Crippen molar-refractivity contribution in [1.29, 1.82) is 0 Å². The van der Waals surface area contributed by atoms with Crippen LogP contribution in [0.5, 0.6) is 5.75 Å². The second-order valence-corrected chi connectivity index (χ2v) is 11.5. The van der Waals surface area contributed by atoms with Gasteiger partial charge < -0.3 is 15.0 Å². The molecule has 0 aliphatic carbocycles. The molecule has 0 unspecified atom stereocenters. The van der Waals surface area contributed by atoms with Crippen molar-refractivity contribution in [3.05, 3.63) is 101 Å². The average Bonchev–Trinajstić information content (AvgIpc) is 3.48. The van der Waals surface area contributed by atoms with Crippen LogP contribution < -0.4 is 19.7 Å². The summed E-state index contributed by atoms with van der Waals surface area (Å²) in [6.07, 6.45) is 0.173. The zero-order chi connectivity index (χ0) is 28.7. The van der Waals surface area contributed by atoms with Crippen LogP contribution in [-0.2, 0) is 21.2 Å². The summed E-state index contributed by atoms with van der Waals surface area (Å²) < 4.78 is 33.9. The van der Waals surface area contributed by atoms with Crippen molar-refractivity contribution in [3.63, 3.8) is 0 Å². The van der Waals surface area contributed by atoms with Crippen molar-refractivity contribution in [2.75, 3.05) is 18.6 Å². The molecule has 40 heavy (non-hydrogen) atoms. The lowest BCUT2D eigenvalue weighted by atomic mass is 10.0. The Morgan fingerprint density at radius 3 is 2.33 bits per heavy atom. The number of carbonyl (C=O) groups is 2. The Morgan fingerprint density at radius 1 is 0.975 bits per heavy atom. The Kier molecular flexibility index (Phi) is 9.23. The van der Waals surface area contributed by atoms with Gasteiger partial charge in [0.2, 0.25) is 5.91 Å². The standard InChI is InChI=1S/C30H31N3O5S2/c1-4-33(24-13-15-25(38-3)16-14-24)29(34)27(19-22-9-6-5-7-10-22)31-30(35)32-40(36,37)28-12-8-11-26(21(28)2)23-17-18-39-20-23/h5-18,20,27H,4,19H2,1-3H3,(H2,31,32,35)/t27-/m0/s1. The van der Waals surface area contributed by atoms with Crippen molar-refractivity contribution in [3.8, 4) is 16.9 Å². The third-order valence-corrected chi connectivity index (χ3v) is 8.64. The maximum Gasteiger partial charge on any atom is 0.329 e. The van der Waals surface area contributed by atoms with Gasteiger partial charge in [0.1, 0.15) is 11.8 Å². The lowest BCUT2D eigenvalue weighted by Crippen LogP contribution is -2.53. The fraction of sp³-hybridized carbons (Fsp3) is 0.200. The van der Waals surface area contributed by atoms with Gasteiger partial charge >= 0.3 is 6.03 Å². The van der Waals surface area contributed by atoms with Gasteiger partial charge in [0.15, 0.2) is 0 Å². The van der Waals surface area contributed by atoms with Crippen molar-refractivity contribution < 1.29 is 22.7 Å². The van der Waals surface area contributed by atoms with Crippen LogP contribution in [0.4, 0.5) is 10.5 Å². The Balaban J connectivity index is 1.58. The first-order valence-electron chi connectivity index (χ1n) is 12.7. The van der Waals surface area contributed by atoms with Gasteiger partial charge in [-0.2, -0.15) is 11.3 Å². The SMILES string of the molecule is CCN(C(=O)[C@H](Cc1ccccc1)NC(=O)NS(=O)(=O)c1cccc(-c2ccsc2)c1C)c1ccc(OC)cc1. The first-order valence-corrected chi connectivity index (χ1v) is 15.1. The predicted molar refractivity (Wildman–Crippen MR) is 158 cm³/mol. The van der Waals surface area contributed by atoms with Gasteiger partial charge in [0.25, 0.3) is 10.0 Å². The van der Waals surface area contributed by atoms with Crippen LogP contribution in [0.3, 0.4) is 0 Å². The summed E-state index contributed by atoms with van der Waals surface area (Å²) >= 11 is 1.51. The summed E-state index contributed by atoms with van der Waals surface area (Å²) in [5.41, 5.74) is 3.63. The summed E-state index contributed by atoms with van der Waals surface area (Å²) in [4.78, 5) is 28.4. The number of carbonyl (C=O) groups excluding carboxylic acids is 2. The highest BCUT2D eigenvalue weighted by atomic mass is 32.2. The molecule has 208 valence electrons. The molecule has 0 aliphatic rings. The van der Waals surface area contributed by atoms with E-state index < -0.39 is 22.1 Å². The molecule has 1 aromatic heterocycles. The number of nitrogens with zero attached hydrogens (tertiary/aromatic N) is 1. The number of benzene rings is 3. The Bertz CT molecular complexity index is 1550. The number of anilines is 1. The van der Waals surface area contributed by atoms with Gasteiger partial charge in [0, 0.05) is 18.7 Å². The molecule has 2 N–H and O–H groups in total. The zero-order valence-electron chi connectivity index (χ0n) is 22.5. The third kappa shape index (κ3) is 6.70. The highest BCUT2D eigenvalue weighted by Gasteiger charge is 2.29. The van der Waals surface area contributed by atoms with E-state index in [1.165, 1.54) is 22.3 Å². The second kappa shape index (κ2) is 12.8. The van der Waals surface area contributed by atoms with Crippen molar-refractivity contribution in [2.45, 2.75) is 31.2 Å². The van der Waals surface area contributed by atoms with E-state index in [1.807, 2.05) is 60.1 Å². The van der Waals surface area contributed by atoms with Crippen LogP contribution in [0, 0.1) is 6.92 Å². The Labute approximate surface area is 238 Å². The number of urea groups is 1. The number of methoxy groups -OCH3 is 1. The molecule has 8 nitrogen and oxygen atoms in total. The summed E-state index contributed by atoms with van der Waals surface area (Å²) in [6.45, 7) is 3.87. The van der Waals surface area contributed by atoms with Gasteiger partial charge in [-0.3, -0.25) is 4.79 Å². The Morgan fingerprint density at radius 2 is 1.70 bits per heavy atom. The molecule has 0 spiro atoms. The molecule has 0 radical (unpaired) electrons. The minimum atomic E-state index is -4.23. The van der Waals surface area contributed by atoms with Gasteiger partial charge in [-0.05, 0) is 83.3 Å². The molecule has 4 aromatic rings. The minimum absolute atomic E-state index is 0.00861. The van der Waals surface area contributed by atoms with Crippen LogP contribution in [0.2, 0.25) is 0 Å². The van der Waals surface area contributed by atoms with E-state index in [4.69, 9.17) is 4.74 Å². The molecule has 3 aromatic carbocycles. The molecule has 1 heterocycles. The van der Waals surface area contributed by atoms with E-state index in [-0.39, 0.29) is 17.2 Å². The van der Waals surface area contributed by atoms with Crippen LogP contribution in [0.1, 0.15) is 18.1 Å². The molecule has 0 saturated heterocycles. The summed E-state index contributed by atoms with van der Waals surface area (Å²) in [7, 11) is -2.67. The maximum atomic E-state index is 13.7. The van der Waals surface area contributed by atoms with Crippen molar-refractivity contribution in [2.24, 2.45) is 0 Å². The normalized spacial score (nSPS) is 11.9. The molecule has 0 fully saturated rings. The second-order valence-electron chi connectivity index (χ2n) is 9.04. The highest BCUT2D eigenvalue weighted by molar-refractivity contribution is 7.90. The fourth-order valence-electron chi connectivity index (χ4n) is 4.47. The first kappa shape index (κ1) is 28.8. The molecule has 10 heteroatoms. The van der Waals surface area contributed by atoms with E-state index in [2.05, 4.69) is 10.0 Å². The molecule has 0 saturated carbocycles. The van der Waals surface area contributed by atoms with E-state index >= 15 is 0 Å². The number of likely N-dealkylation sites (N-methyl/N-ethyl adjacent to an activating group) is 1. The largest absolute Gasteiger partial charge is 0.497 e. The number of nitrogens with one attached hydrogen (secondary N) is 2. The smallest absolute Gasteiger partial charge is 0.329 e. The van der Waals surface area contributed by atoms with Gasteiger partial charge in [-0.25, -0.2) is 17.9 Å². The number of ether oxygens (including phenoxy) is 1. The van der Waals surface area contributed by atoms with Crippen molar-refractivity contribution >= 4 is 39.0 Å². The summed E-state index contributed by atoms with van der Waals surface area (Å²) in [5, 5.41) is 6.46. The molecule has 0 aliphatic heterocycles. The fourth-order valence-corrected chi connectivity index (χ4v) is 6.31. The quantitative estimate of drug-likeness (QED) is 0.263. The van der Waals surface area contributed by atoms with Crippen LogP contribution in [-0.4, -0.2) is 40.1 Å². The number of rotatable bonds is 10. The molecule has 1 atom stereocenters. The molecule has 3 amide bonds. The van der Waals surface area contributed by atoms with Crippen LogP contribution in [0.15, 0.2) is 94.5 Å². The molecular weight excluding hydrogens is 546 g/mol. The number of amides is 3. The highest BCUT2D eigenvalue weighted by Crippen LogP contribution is 2.29. The average molecular weight is 578 g/mol. The van der Waals surface area contributed by atoms with Crippen molar-refractivity contribution in [1.82, 2.24) is 10.0 Å². The lowest BCUT2D eigenvalue weighted by Gasteiger charge is -2.27. The number of hydrogen-bond acceptors (Lipinski definition) is 6. The molecule has 4 rings (SSSR count). The predicted octanol–water partition coefficient (Wildman–Crippen LogP) is 5.38. The van der Waals surface area contributed by atoms with E-state index in [0.717, 1.165) is 16.7 Å².